The molecule has 60 valence electrons. The summed E-state index contributed by atoms with van der Waals surface area (Å²) in [6, 6.07) is 0. The van der Waals surface area contributed by atoms with E-state index in [9.17, 15) is 4.79 Å². The maximum Gasteiger partial charge on any atom is 0.306 e. The molecule has 0 saturated carbocycles. The topological polar surface area (TPSA) is 26.3 Å². The molecule has 0 aliphatic rings. The van der Waals surface area contributed by atoms with Crippen LogP contribution in [0.2, 0.25) is 0 Å². The molecule has 0 unspecified atom stereocenters. The van der Waals surface area contributed by atoms with Gasteiger partial charge in [0.1, 0.15) is 0 Å². The zero-order chi connectivity index (χ0) is 8.20. The second-order valence-electron chi connectivity index (χ2n) is 3.27. The van der Waals surface area contributed by atoms with Gasteiger partial charge in [-0.1, -0.05) is 27.2 Å². The Kier molecular flexibility index (Phi) is 3.40. The summed E-state index contributed by atoms with van der Waals surface area (Å²) < 4.78 is 4.55. The van der Waals surface area contributed by atoms with Crippen molar-refractivity contribution in [1.82, 2.24) is 0 Å². The Morgan fingerprint density at radius 3 is 2.30 bits per heavy atom. The molecule has 0 aromatic carbocycles. The standard InChI is InChI=1S/C8H16O2/c1-5-8(2,3)6-7(9)10-4/h5-6H2,1-4H3. The normalized spacial score (nSPS) is 11.2. The molecule has 0 heterocycles. The van der Waals surface area contributed by atoms with Crippen LogP contribution < -0.4 is 0 Å². The van der Waals surface area contributed by atoms with Gasteiger partial charge in [-0.25, -0.2) is 0 Å². The van der Waals surface area contributed by atoms with E-state index in [-0.39, 0.29) is 11.4 Å². The summed E-state index contributed by atoms with van der Waals surface area (Å²) in [7, 11) is 1.42. The molecule has 0 rings (SSSR count). The molecule has 0 spiro atoms. The summed E-state index contributed by atoms with van der Waals surface area (Å²) in [6.45, 7) is 6.19. The highest BCUT2D eigenvalue weighted by atomic mass is 16.5. The first-order valence-electron chi connectivity index (χ1n) is 3.58. The molecule has 2 nitrogen and oxygen atoms in total. The van der Waals surface area contributed by atoms with E-state index in [1.165, 1.54) is 7.11 Å². The SMILES string of the molecule is CCC(C)(C)CC(=O)OC. The van der Waals surface area contributed by atoms with Crippen LogP contribution in [0.25, 0.3) is 0 Å². The van der Waals surface area contributed by atoms with Gasteiger partial charge in [0, 0.05) is 0 Å². The van der Waals surface area contributed by atoms with Crippen LogP contribution in [-0.2, 0) is 9.53 Å². The minimum absolute atomic E-state index is 0.0904. The van der Waals surface area contributed by atoms with E-state index in [0.717, 1.165) is 6.42 Å². The van der Waals surface area contributed by atoms with Crippen molar-refractivity contribution in [2.24, 2.45) is 5.41 Å². The maximum atomic E-state index is 10.8. The Hall–Kier alpha value is -0.530. The third kappa shape index (κ3) is 3.49. The molecule has 0 atom stereocenters. The smallest absolute Gasteiger partial charge is 0.306 e. The van der Waals surface area contributed by atoms with Gasteiger partial charge >= 0.3 is 5.97 Å². The molecule has 0 aromatic heterocycles. The van der Waals surface area contributed by atoms with Crippen LogP contribution in [0.1, 0.15) is 33.6 Å². The Balaban J connectivity index is 3.76. The van der Waals surface area contributed by atoms with Crippen molar-refractivity contribution in [2.75, 3.05) is 7.11 Å². The lowest BCUT2D eigenvalue weighted by atomic mass is 9.87. The predicted octanol–water partition coefficient (Wildman–Crippen LogP) is 1.99. The summed E-state index contributed by atoms with van der Waals surface area (Å²) in [4.78, 5) is 10.8. The van der Waals surface area contributed by atoms with Gasteiger partial charge in [-0.15, -0.1) is 0 Å². The number of carbonyl (C=O) groups is 1. The van der Waals surface area contributed by atoms with E-state index in [1.807, 2.05) is 0 Å². The van der Waals surface area contributed by atoms with Gasteiger partial charge in [0.25, 0.3) is 0 Å². The van der Waals surface area contributed by atoms with E-state index in [0.29, 0.717) is 6.42 Å². The monoisotopic (exact) mass is 144 g/mol. The van der Waals surface area contributed by atoms with E-state index in [4.69, 9.17) is 0 Å². The summed E-state index contributed by atoms with van der Waals surface area (Å²) in [5.41, 5.74) is 0.0904. The number of ether oxygens (including phenoxy) is 1. The van der Waals surface area contributed by atoms with E-state index >= 15 is 0 Å². The van der Waals surface area contributed by atoms with Gasteiger partial charge in [0.05, 0.1) is 13.5 Å². The minimum Gasteiger partial charge on any atom is -0.469 e. The number of hydrogen-bond acceptors (Lipinski definition) is 2. The largest absolute Gasteiger partial charge is 0.469 e. The number of esters is 1. The molecule has 0 bridgehead atoms. The van der Waals surface area contributed by atoms with Gasteiger partial charge in [0.2, 0.25) is 0 Å². The fraction of sp³-hybridized carbons (Fsp3) is 0.875. The molecule has 0 radical (unpaired) electrons. The Labute approximate surface area is 62.6 Å². The van der Waals surface area contributed by atoms with E-state index in [2.05, 4.69) is 25.5 Å². The molecule has 0 aliphatic carbocycles. The van der Waals surface area contributed by atoms with Crippen molar-refractivity contribution < 1.29 is 9.53 Å². The lowest BCUT2D eigenvalue weighted by Crippen LogP contribution is -2.16. The molecule has 0 fully saturated rings. The first-order chi connectivity index (χ1) is 4.52. The molecule has 0 aromatic rings. The number of methoxy groups -OCH3 is 1. The molecule has 0 N–H and O–H groups in total. The van der Waals surface area contributed by atoms with Gasteiger partial charge in [0.15, 0.2) is 0 Å². The second kappa shape index (κ2) is 3.59. The zero-order valence-electron chi connectivity index (χ0n) is 7.23. The Bertz CT molecular complexity index is 116. The fourth-order valence-electron chi connectivity index (χ4n) is 0.588. The summed E-state index contributed by atoms with van der Waals surface area (Å²) >= 11 is 0. The van der Waals surface area contributed by atoms with Crippen molar-refractivity contribution in [3.05, 3.63) is 0 Å². The number of carbonyl (C=O) groups excluding carboxylic acids is 1. The Morgan fingerprint density at radius 1 is 1.50 bits per heavy atom. The van der Waals surface area contributed by atoms with Gasteiger partial charge in [-0.3, -0.25) is 4.79 Å². The Morgan fingerprint density at radius 2 is 2.00 bits per heavy atom. The van der Waals surface area contributed by atoms with Gasteiger partial charge in [-0.2, -0.15) is 0 Å². The van der Waals surface area contributed by atoms with Crippen LogP contribution in [0.3, 0.4) is 0 Å². The van der Waals surface area contributed by atoms with E-state index < -0.39 is 0 Å². The van der Waals surface area contributed by atoms with Crippen molar-refractivity contribution in [3.8, 4) is 0 Å². The van der Waals surface area contributed by atoms with Gasteiger partial charge in [-0.05, 0) is 5.41 Å². The van der Waals surface area contributed by atoms with Crippen molar-refractivity contribution in [1.29, 1.82) is 0 Å². The highest BCUT2D eigenvalue weighted by Crippen LogP contribution is 2.24. The predicted molar refractivity (Wildman–Crippen MR) is 40.7 cm³/mol. The second-order valence-corrected chi connectivity index (χ2v) is 3.27. The molecule has 0 saturated heterocycles. The van der Waals surface area contributed by atoms with E-state index in [1.54, 1.807) is 0 Å². The summed E-state index contributed by atoms with van der Waals surface area (Å²) in [6.07, 6.45) is 1.52. The lowest BCUT2D eigenvalue weighted by Gasteiger charge is -2.19. The summed E-state index contributed by atoms with van der Waals surface area (Å²) in [5, 5.41) is 0. The molecule has 2 heteroatoms. The quantitative estimate of drug-likeness (QED) is 0.566. The van der Waals surface area contributed by atoms with Crippen molar-refractivity contribution >= 4 is 5.97 Å². The van der Waals surface area contributed by atoms with Crippen LogP contribution in [0.15, 0.2) is 0 Å². The fourth-order valence-corrected chi connectivity index (χ4v) is 0.588. The van der Waals surface area contributed by atoms with Crippen LogP contribution in [0, 0.1) is 5.41 Å². The first kappa shape index (κ1) is 9.47. The van der Waals surface area contributed by atoms with Crippen molar-refractivity contribution in [3.63, 3.8) is 0 Å². The molecular formula is C8H16O2. The average molecular weight is 144 g/mol. The molecule has 0 aliphatic heterocycles. The highest BCUT2D eigenvalue weighted by Gasteiger charge is 2.19. The van der Waals surface area contributed by atoms with Crippen LogP contribution in [-0.4, -0.2) is 13.1 Å². The third-order valence-electron chi connectivity index (χ3n) is 1.81. The van der Waals surface area contributed by atoms with Crippen LogP contribution in [0.5, 0.6) is 0 Å². The molecule has 0 amide bonds. The molecule has 10 heavy (non-hydrogen) atoms. The van der Waals surface area contributed by atoms with Crippen molar-refractivity contribution in [2.45, 2.75) is 33.6 Å². The number of hydrogen-bond donors (Lipinski definition) is 0. The number of rotatable bonds is 3. The summed E-state index contributed by atoms with van der Waals surface area (Å²) in [5.74, 6) is -0.119. The third-order valence-corrected chi connectivity index (χ3v) is 1.81. The average Bonchev–Trinajstić information content (AvgIpc) is 1.87. The minimum atomic E-state index is -0.119. The highest BCUT2D eigenvalue weighted by molar-refractivity contribution is 5.69. The zero-order valence-corrected chi connectivity index (χ0v) is 7.23. The molecular weight excluding hydrogens is 128 g/mol. The first-order valence-corrected chi connectivity index (χ1v) is 3.58. The van der Waals surface area contributed by atoms with Crippen LogP contribution >= 0.6 is 0 Å². The van der Waals surface area contributed by atoms with Crippen LogP contribution in [0.4, 0.5) is 0 Å². The maximum absolute atomic E-state index is 10.8. The lowest BCUT2D eigenvalue weighted by molar-refractivity contribution is -0.142. The van der Waals surface area contributed by atoms with Gasteiger partial charge < -0.3 is 4.74 Å².